The molecule has 0 aliphatic rings. The van der Waals surface area contributed by atoms with Crippen molar-refractivity contribution in [3.63, 3.8) is 0 Å². The van der Waals surface area contributed by atoms with Crippen LogP contribution in [0.4, 0.5) is 0 Å². The Kier molecular flexibility index (Phi) is 5.41. The molecule has 4 aromatic heterocycles. The van der Waals surface area contributed by atoms with Gasteiger partial charge in [0, 0.05) is 48.1 Å². The van der Waals surface area contributed by atoms with Crippen molar-refractivity contribution in [3.05, 3.63) is 146 Å². The minimum Gasteiger partial charge on any atom is -0.277 e. The van der Waals surface area contributed by atoms with E-state index in [0.29, 0.717) is 5.95 Å². The standard InChI is InChI=1S/C41H24N4S/c1-2-12-25(13-3-1)26-14-10-15-27(24-26)37-38-32(20-11-23-42-38)43-41(44-37)45-33-21-8-6-18-30(33)36-39(45)29-17-5-4-16-28(29)35-31-19-7-9-22-34(31)46-40(35)36/h1-24H. The Balaban J connectivity index is 1.35. The Morgan fingerprint density at radius 3 is 2.13 bits per heavy atom. The minimum absolute atomic E-state index is 0.637. The molecule has 4 heterocycles. The molecule has 0 N–H and O–H groups in total. The Bertz CT molecular complexity index is 2810. The number of thiophene rings is 1. The van der Waals surface area contributed by atoms with Crippen LogP contribution in [0, 0.1) is 0 Å². The Hall–Kier alpha value is -5.91. The Labute approximate surface area is 267 Å². The minimum atomic E-state index is 0.637. The molecule has 0 saturated carbocycles. The van der Waals surface area contributed by atoms with E-state index in [9.17, 15) is 0 Å². The van der Waals surface area contributed by atoms with Crippen LogP contribution in [-0.2, 0) is 0 Å². The molecule has 0 spiro atoms. The third-order valence-electron chi connectivity index (χ3n) is 9.03. The first-order valence-corrected chi connectivity index (χ1v) is 16.2. The molecule has 46 heavy (non-hydrogen) atoms. The molecule has 5 heteroatoms. The quantitative estimate of drug-likeness (QED) is 0.201. The van der Waals surface area contributed by atoms with Crippen LogP contribution in [0.1, 0.15) is 0 Å². The Morgan fingerprint density at radius 2 is 1.24 bits per heavy atom. The molecular weight excluding hydrogens is 581 g/mol. The third kappa shape index (κ3) is 3.63. The summed E-state index contributed by atoms with van der Waals surface area (Å²) in [5.74, 6) is 0.637. The van der Waals surface area contributed by atoms with Crippen LogP contribution in [0.15, 0.2) is 146 Å². The van der Waals surface area contributed by atoms with Crippen molar-refractivity contribution in [1.82, 2.24) is 19.5 Å². The molecule has 0 amide bonds. The predicted molar refractivity (Wildman–Crippen MR) is 193 cm³/mol. The second-order valence-electron chi connectivity index (χ2n) is 11.6. The molecule has 10 rings (SSSR count). The molecule has 0 aliphatic carbocycles. The molecule has 10 aromatic rings. The first-order chi connectivity index (χ1) is 22.8. The van der Waals surface area contributed by atoms with E-state index in [1.54, 1.807) is 0 Å². The van der Waals surface area contributed by atoms with E-state index in [0.717, 1.165) is 44.5 Å². The number of para-hydroxylation sites is 1. The highest BCUT2D eigenvalue weighted by Gasteiger charge is 2.23. The van der Waals surface area contributed by atoms with E-state index in [-0.39, 0.29) is 0 Å². The molecule has 0 saturated heterocycles. The molecule has 4 nitrogen and oxygen atoms in total. The number of nitrogens with zero attached hydrogens (tertiary/aromatic N) is 4. The first-order valence-electron chi connectivity index (χ1n) is 15.4. The van der Waals surface area contributed by atoms with E-state index in [1.165, 1.54) is 41.7 Å². The number of pyridine rings is 1. The summed E-state index contributed by atoms with van der Waals surface area (Å²) in [6.45, 7) is 0. The van der Waals surface area contributed by atoms with Crippen LogP contribution < -0.4 is 0 Å². The van der Waals surface area contributed by atoms with Gasteiger partial charge in [0.25, 0.3) is 0 Å². The number of aromatic nitrogens is 4. The van der Waals surface area contributed by atoms with Gasteiger partial charge >= 0.3 is 0 Å². The zero-order valence-electron chi connectivity index (χ0n) is 24.6. The van der Waals surface area contributed by atoms with Crippen molar-refractivity contribution in [1.29, 1.82) is 0 Å². The summed E-state index contributed by atoms with van der Waals surface area (Å²) in [6, 6.07) is 49.2. The zero-order chi connectivity index (χ0) is 30.2. The van der Waals surface area contributed by atoms with Crippen LogP contribution in [0.5, 0.6) is 0 Å². The number of hydrogen-bond acceptors (Lipinski definition) is 4. The molecule has 0 fully saturated rings. The summed E-state index contributed by atoms with van der Waals surface area (Å²) in [5, 5.41) is 7.48. The van der Waals surface area contributed by atoms with Crippen molar-refractivity contribution in [2.45, 2.75) is 0 Å². The van der Waals surface area contributed by atoms with Crippen LogP contribution in [0.2, 0.25) is 0 Å². The van der Waals surface area contributed by atoms with E-state index in [4.69, 9.17) is 15.0 Å². The van der Waals surface area contributed by atoms with Gasteiger partial charge in [0.1, 0.15) is 11.2 Å². The van der Waals surface area contributed by atoms with Crippen molar-refractivity contribution in [3.8, 4) is 28.3 Å². The lowest BCUT2D eigenvalue weighted by Crippen LogP contribution is -2.04. The number of rotatable bonds is 3. The van der Waals surface area contributed by atoms with Crippen LogP contribution >= 0.6 is 11.3 Å². The highest BCUT2D eigenvalue weighted by atomic mass is 32.1. The largest absolute Gasteiger partial charge is 0.277 e. The van der Waals surface area contributed by atoms with E-state index < -0.39 is 0 Å². The van der Waals surface area contributed by atoms with Gasteiger partial charge in [0.2, 0.25) is 5.95 Å². The van der Waals surface area contributed by atoms with Gasteiger partial charge in [-0.25, -0.2) is 9.97 Å². The zero-order valence-corrected chi connectivity index (χ0v) is 25.4. The summed E-state index contributed by atoms with van der Waals surface area (Å²) in [6.07, 6.45) is 1.82. The lowest BCUT2D eigenvalue weighted by molar-refractivity contribution is 1.01. The SMILES string of the molecule is c1ccc(-c2cccc(-c3nc(-n4c5ccccc5c5c6sc7ccccc7c6c6ccccc6c54)nc4cccnc34)c2)cc1. The van der Waals surface area contributed by atoms with Crippen molar-refractivity contribution >= 4 is 75.1 Å². The van der Waals surface area contributed by atoms with Gasteiger partial charge in [-0.05, 0) is 46.8 Å². The normalized spacial score (nSPS) is 11.9. The van der Waals surface area contributed by atoms with Gasteiger partial charge in [-0.1, -0.05) is 109 Å². The fourth-order valence-corrected chi connectivity index (χ4v) is 8.34. The second-order valence-corrected chi connectivity index (χ2v) is 12.7. The van der Waals surface area contributed by atoms with Crippen molar-refractivity contribution in [2.24, 2.45) is 0 Å². The summed E-state index contributed by atoms with van der Waals surface area (Å²) in [7, 11) is 0. The predicted octanol–water partition coefficient (Wildman–Crippen LogP) is 11.0. The van der Waals surface area contributed by atoms with Gasteiger partial charge in [0.15, 0.2) is 0 Å². The van der Waals surface area contributed by atoms with Crippen LogP contribution in [0.3, 0.4) is 0 Å². The molecule has 214 valence electrons. The Morgan fingerprint density at radius 1 is 0.522 bits per heavy atom. The fourth-order valence-electron chi connectivity index (χ4n) is 7.06. The average Bonchev–Trinajstić information content (AvgIpc) is 3.69. The molecule has 0 aliphatic heterocycles. The molecule has 0 radical (unpaired) electrons. The lowest BCUT2D eigenvalue weighted by atomic mass is 10.00. The van der Waals surface area contributed by atoms with Gasteiger partial charge in [0.05, 0.1) is 16.6 Å². The molecule has 0 atom stereocenters. The maximum atomic E-state index is 5.37. The third-order valence-corrected chi connectivity index (χ3v) is 10.2. The first kappa shape index (κ1) is 25.4. The van der Waals surface area contributed by atoms with E-state index in [2.05, 4.69) is 126 Å². The highest BCUT2D eigenvalue weighted by molar-refractivity contribution is 7.27. The molecular formula is C41H24N4S. The summed E-state index contributed by atoms with van der Waals surface area (Å²) >= 11 is 1.87. The number of hydrogen-bond donors (Lipinski definition) is 0. The average molecular weight is 605 g/mol. The number of benzene rings is 6. The second kappa shape index (κ2) is 9.80. The number of fused-ring (bicyclic) bond motifs is 11. The van der Waals surface area contributed by atoms with Crippen LogP contribution in [0.25, 0.3) is 92.1 Å². The topological polar surface area (TPSA) is 43.6 Å². The van der Waals surface area contributed by atoms with E-state index >= 15 is 0 Å². The highest BCUT2D eigenvalue weighted by Crippen LogP contribution is 2.47. The maximum Gasteiger partial charge on any atom is 0.235 e. The summed E-state index contributed by atoms with van der Waals surface area (Å²) in [5.41, 5.74) is 7.93. The van der Waals surface area contributed by atoms with Gasteiger partial charge in [-0.3, -0.25) is 9.55 Å². The van der Waals surface area contributed by atoms with Gasteiger partial charge < -0.3 is 0 Å². The molecule has 6 aromatic carbocycles. The van der Waals surface area contributed by atoms with Crippen LogP contribution in [-0.4, -0.2) is 19.5 Å². The van der Waals surface area contributed by atoms with Crippen molar-refractivity contribution < 1.29 is 0 Å². The molecule has 0 unspecified atom stereocenters. The monoisotopic (exact) mass is 604 g/mol. The molecule has 0 bridgehead atoms. The van der Waals surface area contributed by atoms with Gasteiger partial charge in [-0.2, -0.15) is 0 Å². The van der Waals surface area contributed by atoms with E-state index in [1.807, 2.05) is 35.7 Å². The maximum absolute atomic E-state index is 5.37. The fraction of sp³-hybridized carbons (Fsp3) is 0. The van der Waals surface area contributed by atoms with Gasteiger partial charge in [-0.15, -0.1) is 11.3 Å². The van der Waals surface area contributed by atoms with Crippen molar-refractivity contribution in [2.75, 3.05) is 0 Å². The lowest BCUT2D eigenvalue weighted by Gasteiger charge is -2.13. The smallest absolute Gasteiger partial charge is 0.235 e. The summed E-state index contributed by atoms with van der Waals surface area (Å²) in [4.78, 5) is 15.4. The summed E-state index contributed by atoms with van der Waals surface area (Å²) < 4.78 is 4.86.